The van der Waals surface area contributed by atoms with Crippen molar-refractivity contribution in [2.24, 2.45) is 0 Å². The molecular weight excluding hydrogens is 349 g/mol. The van der Waals surface area contributed by atoms with Crippen LogP contribution in [0.3, 0.4) is 0 Å². The van der Waals surface area contributed by atoms with E-state index in [0.29, 0.717) is 24.4 Å². The summed E-state index contributed by atoms with van der Waals surface area (Å²) < 4.78 is 44.1. The fourth-order valence-corrected chi connectivity index (χ4v) is 2.47. The molecule has 0 aliphatic carbocycles. The molecule has 0 fully saturated rings. The molecule has 0 aliphatic rings. The molecule has 0 saturated heterocycles. The number of nitrogens with zero attached hydrogens (tertiary/aromatic N) is 1. The van der Waals surface area contributed by atoms with Crippen molar-refractivity contribution in [1.82, 2.24) is 9.88 Å². The lowest BCUT2D eigenvalue weighted by Gasteiger charge is -2.12. The SMILES string of the molecule is COc1ccc(C)cc1CCNC(=O)Cn1cc(C(F)(F)F)ccc1=O. The third kappa shape index (κ3) is 5.11. The van der Waals surface area contributed by atoms with Crippen molar-refractivity contribution in [1.29, 1.82) is 0 Å². The summed E-state index contributed by atoms with van der Waals surface area (Å²) in [5.74, 6) is 0.150. The van der Waals surface area contributed by atoms with Gasteiger partial charge in [-0.25, -0.2) is 0 Å². The van der Waals surface area contributed by atoms with E-state index in [-0.39, 0.29) is 6.54 Å². The van der Waals surface area contributed by atoms with Crippen molar-refractivity contribution in [3.63, 3.8) is 0 Å². The van der Waals surface area contributed by atoms with E-state index in [1.54, 1.807) is 7.11 Å². The van der Waals surface area contributed by atoms with Gasteiger partial charge in [0.2, 0.25) is 5.91 Å². The maximum absolute atomic E-state index is 12.7. The first kappa shape index (κ1) is 19.6. The number of hydrogen-bond acceptors (Lipinski definition) is 3. The van der Waals surface area contributed by atoms with E-state index in [9.17, 15) is 22.8 Å². The van der Waals surface area contributed by atoms with Crippen molar-refractivity contribution < 1.29 is 22.7 Å². The normalized spacial score (nSPS) is 11.3. The summed E-state index contributed by atoms with van der Waals surface area (Å²) in [7, 11) is 1.55. The molecule has 1 heterocycles. The number of hydrogen-bond donors (Lipinski definition) is 1. The van der Waals surface area contributed by atoms with Gasteiger partial charge >= 0.3 is 6.18 Å². The molecule has 1 amide bonds. The van der Waals surface area contributed by atoms with E-state index in [0.717, 1.165) is 21.8 Å². The van der Waals surface area contributed by atoms with Crippen LogP contribution >= 0.6 is 0 Å². The molecule has 8 heteroatoms. The van der Waals surface area contributed by atoms with Gasteiger partial charge in [0, 0.05) is 18.8 Å². The molecule has 0 atom stereocenters. The Morgan fingerprint density at radius 3 is 2.62 bits per heavy atom. The third-order valence-electron chi connectivity index (χ3n) is 3.78. The Morgan fingerprint density at radius 1 is 1.23 bits per heavy atom. The Balaban J connectivity index is 1.98. The molecule has 5 nitrogen and oxygen atoms in total. The molecule has 0 saturated carbocycles. The number of rotatable bonds is 6. The number of aryl methyl sites for hydroxylation is 1. The summed E-state index contributed by atoms with van der Waals surface area (Å²) in [6, 6.07) is 7.16. The standard InChI is InChI=1S/C18H19F3N2O3/c1-12-3-5-15(26-2)13(9-12)7-8-22-16(24)11-23-10-14(18(19,20)21)4-6-17(23)25/h3-6,9-10H,7-8,11H2,1-2H3,(H,22,24). The first-order valence-electron chi connectivity index (χ1n) is 7.88. The summed E-state index contributed by atoms with van der Waals surface area (Å²) in [4.78, 5) is 23.6. The summed E-state index contributed by atoms with van der Waals surface area (Å²) in [5.41, 5.74) is 0.301. The first-order valence-corrected chi connectivity index (χ1v) is 7.88. The molecule has 26 heavy (non-hydrogen) atoms. The van der Waals surface area contributed by atoms with Crippen LogP contribution in [0.4, 0.5) is 13.2 Å². The van der Waals surface area contributed by atoms with Crippen LogP contribution in [-0.4, -0.2) is 24.1 Å². The molecule has 0 radical (unpaired) electrons. The van der Waals surface area contributed by atoms with E-state index in [1.165, 1.54) is 0 Å². The second kappa shape index (κ2) is 8.07. The number of aromatic nitrogens is 1. The molecule has 0 spiro atoms. The number of halogens is 3. The van der Waals surface area contributed by atoms with Crippen molar-refractivity contribution in [2.75, 3.05) is 13.7 Å². The molecule has 2 rings (SSSR count). The van der Waals surface area contributed by atoms with E-state index in [4.69, 9.17) is 4.74 Å². The lowest BCUT2D eigenvalue weighted by Crippen LogP contribution is -2.33. The van der Waals surface area contributed by atoms with Gasteiger partial charge in [0.1, 0.15) is 12.3 Å². The number of alkyl halides is 3. The van der Waals surface area contributed by atoms with Crippen molar-refractivity contribution >= 4 is 5.91 Å². The van der Waals surface area contributed by atoms with Gasteiger partial charge in [0.05, 0.1) is 12.7 Å². The van der Waals surface area contributed by atoms with Crippen LogP contribution in [-0.2, 0) is 23.9 Å². The van der Waals surface area contributed by atoms with Gasteiger partial charge in [-0.1, -0.05) is 17.7 Å². The largest absolute Gasteiger partial charge is 0.496 e. The van der Waals surface area contributed by atoms with E-state index >= 15 is 0 Å². The number of benzene rings is 1. The zero-order valence-electron chi connectivity index (χ0n) is 14.4. The van der Waals surface area contributed by atoms with Gasteiger partial charge in [-0.05, 0) is 31.0 Å². The Bertz CT molecular complexity index is 844. The van der Waals surface area contributed by atoms with E-state index < -0.39 is 29.8 Å². The number of methoxy groups -OCH3 is 1. The second-order valence-corrected chi connectivity index (χ2v) is 5.80. The number of nitrogens with one attached hydrogen (secondary N) is 1. The quantitative estimate of drug-likeness (QED) is 0.853. The average Bonchev–Trinajstić information content (AvgIpc) is 2.56. The maximum Gasteiger partial charge on any atom is 0.417 e. The Labute approximate surface area is 148 Å². The van der Waals surface area contributed by atoms with Crippen LogP contribution in [0.1, 0.15) is 16.7 Å². The van der Waals surface area contributed by atoms with Crippen LogP contribution in [0.5, 0.6) is 5.75 Å². The molecule has 140 valence electrons. The summed E-state index contributed by atoms with van der Waals surface area (Å²) in [5, 5.41) is 2.60. The van der Waals surface area contributed by atoms with Gasteiger partial charge in [0.15, 0.2) is 0 Å². The fraction of sp³-hybridized carbons (Fsp3) is 0.333. The molecular formula is C18H19F3N2O3. The summed E-state index contributed by atoms with van der Waals surface area (Å²) in [6.07, 6.45) is -3.44. The molecule has 0 aliphatic heterocycles. The molecule has 2 aromatic rings. The Morgan fingerprint density at radius 2 is 1.96 bits per heavy atom. The number of ether oxygens (including phenoxy) is 1. The number of carbonyl (C=O) groups is 1. The van der Waals surface area contributed by atoms with Gasteiger partial charge in [-0.3, -0.25) is 9.59 Å². The van der Waals surface area contributed by atoms with E-state index in [2.05, 4.69) is 5.32 Å². The highest BCUT2D eigenvalue weighted by Gasteiger charge is 2.31. The lowest BCUT2D eigenvalue weighted by molar-refractivity contribution is -0.138. The topological polar surface area (TPSA) is 60.3 Å². The molecule has 0 bridgehead atoms. The number of amides is 1. The highest BCUT2D eigenvalue weighted by Crippen LogP contribution is 2.28. The minimum Gasteiger partial charge on any atom is -0.496 e. The van der Waals surface area contributed by atoms with Gasteiger partial charge in [-0.2, -0.15) is 13.2 Å². The minimum absolute atomic E-state index is 0.270. The zero-order chi connectivity index (χ0) is 19.3. The first-order chi connectivity index (χ1) is 12.2. The zero-order valence-corrected chi connectivity index (χ0v) is 14.4. The van der Waals surface area contributed by atoms with Crippen LogP contribution < -0.4 is 15.6 Å². The highest BCUT2D eigenvalue weighted by molar-refractivity contribution is 5.75. The van der Waals surface area contributed by atoms with Crippen LogP contribution in [0, 0.1) is 6.92 Å². The second-order valence-electron chi connectivity index (χ2n) is 5.80. The Kier molecular flexibility index (Phi) is 6.07. The average molecular weight is 368 g/mol. The van der Waals surface area contributed by atoms with Gasteiger partial charge in [0.25, 0.3) is 5.56 Å². The van der Waals surface area contributed by atoms with Crippen molar-refractivity contribution in [2.45, 2.75) is 26.1 Å². The number of pyridine rings is 1. The smallest absolute Gasteiger partial charge is 0.417 e. The molecule has 1 aromatic heterocycles. The van der Waals surface area contributed by atoms with Crippen LogP contribution in [0.2, 0.25) is 0 Å². The monoisotopic (exact) mass is 368 g/mol. The Hall–Kier alpha value is -2.77. The van der Waals surface area contributed by atoms with Crippen LogP contribution in [0.25, 0.3) is 0 Å². The minimum atomic E-state index is -4.58. The van der Waals surface area contributed by atoms with Crippen molar-refractivity contribution in [3.05, 3.63) is 63.6 Å². The highest BCUT2D eigenvalue weighted by atomic mass is 19.4. The molecule has 0 unspecified atom stereocenters. The molecule has 1 N–H and O–H groups in total. The lowest BCUT2D eigenvalue weighted by atomic mass is 10.1. The predicted octanol–water partition coefficient (Wildman–Crippen LogP) is 2.54. The summed E-state index contributed by atoms with van der Waals surface area (Å²) >= 11 is 0. The predicted molar refractivity (Wildman–Crippen MR) is 90.1 cm³/mol. The summed E-state index contributed by atoms with van der Waals surface area (Å²) in [6.45, 7) is 1.72. The van der Waals surface area contributed by atoms with Crippen molar-refractivity contribution in [3.8, 4) is 5.75 Å². The van der Waals surface area contributed by atoms with Gasteiger partial charge in [-0.15, -0.1) is 0 Å². The van der Waals surface area contributed by atoms with E-state index in [1.807, 2.05) is 25.1 Å². The number of carbonyl (C=O) groups excluding carboxylic acids is 1. The van der Waals surface area contributed by atoms with Crippen LogP contribution in [0.15, 0.2) is 41.3 Å². The fourth-order valence-electron chi connectivity index (χ4n) is 2.47. The van der Waals surface area contributed by atoms with Gasteiger partial charge < -0.3 is 14.6 Å². The maximum atomic E-state index is 12.7. The molecule has 1 aromatic carbocycles. The third-order valence-corrected chi connectivity index (χ3v) is 3.78.